The maximum atomic E-state index is 14.2. The fraction of sp³-hybridized carbons (Fsp3) is 0.516. The van der Waals surface area contributed by atoms with Gasteiger partial charge >= 0.3 is 0 Å². The molecule has 0 fully saturated rings. The summed E-state index contributed by atoms with van der Waals surface area (Å²) < 4.78 is 5.43. The molecule has 1 aliphatic carbocycles. The predicted octanol–water partition coefficient (Wildman–Crippen LogP) is 3.28. The average Bonchev–Trinajstić information content (AvgIpc) is 2.93. The van der Waals surface area contributed by atoms with Gasteiger partial charge in [-0.1, -0.05) is 51.1 Å². The molecule has 0 saturated carbocycles. The molecule has 0 saturated heterocycles. The first-order valence-electron chi connectivity index (χ1n) is 13.9. The number of fused-ring (bicyclic) bond motifs is 2. The van der Waals surface area contributed by atoms with E-state index in [2.05, 4.69) is 28.1 Å². The molecule has 1 aliphatic heterocycles. The van der Waals surface area contributed by atoms with Gasteiger partial charge in [-0.05, 0) is 73.0 Å². The van der Waals surface area contributed by atoms with Gasteiger partial charge in [0.25, 0.3) is 0 Å². The molecule has 0 bridgehead atoms. The molecule has 4 rings (SSSR count). The van der Waals surface area contributed by atoms with Crippen molar-refractivity contribution in [3.63, 3.8) is 0 Å². The Labute approximate surface area is 231 Å². The second-order valence-corrected chi connectivity index (χ2v) is 11.8. The number of rotatable bonds is 7. The molecule has 3 N–H and O–H groups in total. The van der Waals surface area contributed by atoms with Crippen LogP contribution >= 0.6 is 0 Å². The minimum atomic E-state index is -0.807. The molecule has 4 atom stereocenters. The molecule has 0 spiro atoms. The highest BCUT2D eigenvalue weighted by Gasteiger charge is 2.43. The lowest BCUT2D eigenvalue weighted by Gasteiger charge is -2.41. The summed E-state index contributed by atoms with van der Waals surface area (Å²) in [7, 11) is 3.32. The van der Waals surface area contributed by atoms with Gasteiger partial charge in [0.05, 0.1) is 19.2 Å². The first kappa shape index (κ1) is 28.6. The normalized spacial score (nSPS) is 20.2. The predicted molar refractivity (Wildman–Crippen MR) is 151 cm³/mol. The van der Waals surface area contributed by atoms with Crippen LogP contribution in [-0.4, -0.2) is 54.9 Å². The Kier molecular flexibility index (Phi) is 8.64. The summed E-state index contributed by atoms with van der Waals surface area (Å²) in [5.41, 5.74) is 3.80. The number of methoxy groups -OCH3 is 1. The highest BCUT2D eigenvalue weighted by molar-refractivity contribution is 5.94. The van der Waals surface area contributed by atoms with Crippen LogP contribution in [0, 0.1) is 5.41 Å². The Balaban J connectivity index is 1.66. The van der Waals surface area contributed by atoms with Crippen LogP contribution in [-0.2, 0) is 33.8 Å². The van der Waals surface area contributed by atoms with Crippen molar-refractivity contribution in [3.8, 4) is 5.75 Å². The quantitative estimate of drug-likeness (QED) is 0.506. The molecule has 2 aliphatic rings. The van der Waals surface area contributed by atoms with Gasteiger partial charge in [-0.2, -0.15) is 0 Å². The van der Waals surface area contributed by atoms with Crippen molar-refractivity contribution >= 4 is 17.7 Å². The summed E-state index contributed by atoms with van der Waals surface area (Å²) in [6.45, 7) is 7.79. The lowest BCUT2D eigenvalue weighted by Crippen LogP contribution is -2.62. The van der Waals surface area contributed by atoms with E-state index in [4.69, 9.17) is 4.74 Å². The number of benzene rings is 2. The van der Waals surface area contributed by atoms with Crippen molar-refractivity contribution in [1.82, 2.24) is 20.9 Å². The number of carbonyl (C=O) groups is 3. The fourth-order valence-electron chi connectivity index (χ4n) is 5.54. The average molecular weight is 535 g/mol. The Hall–Kier alpha value is -3.39. The Bertz CT molecular complexity index is 1220. The number of ether oxygens (including phenoxy) is 1. The summed E-state index contributed by atoms with van der Waals surface area (Å²) in [4.78, 5) is 42.7. The van der Waals surface area contributed by atoms with Gasteiger partial charge < -0.3 is 25.6 Å². The second-order valence-electron chi connectivity index (χ2n) is 11.8. The van der Waals surface area contributed by atoms with Gasteiger partial charge in [-0.25, -0.2) is 0 Å². The van der Waals surface area contributed by atoms with Crippen LogP contribution in [0.2, 0.25) is 0 Å². The second kappa shape index (κ2) is 11.8. The number of nitrogens with zero attached hydrogens (tertiary/aromatic N) is 1. The molecule has 0 radical (unpaired) electrons. The third kappa shape index (κ3) is 6.27. The molecule has 0 aromatic heterocycles. The highest BCUT2D eigenvalue weighted by Crippen LogP contribution is 2.33. The molecule has 1 unspecified atom stereocenters. The van der Waals surface area contributed by atoms with E-state index in [0.717, 1.165) is 36.0 Å². The third-order valence-corrected chi connectivity index (χ3v) is 8.04. The summed E-state index contributed by atoms with van der Waals surface area (Å²) in [5.74, 6) is 0.00182. The Morgan fingerprint density at radius 1 is 1.05 bits per heavy atom. The van der Waals surface area contributed by atoms with Gasteiger partial charge in [-0.3, -0.25) is 14.4 Å². The number of carbonyl (C=O) groups excluding carboxylic acids is 3. The molecule has 3 amide bonds. The van der Waals surface area contributed by atoms with Gasteiger partial charge in [0, 0.05) is 13.0 Å². The maximum absolute atomic E-state index is 14.2. The van der Waals surface area contributed by atoms with Crippen molar-refractivity contribution in [2.75, 3.05) is 14.2 Å². The number of hydrogen-bond donors (Lipinski definition) is 3. The van der Waals surface area contributed by atoms with Crippen LogP contribution in [0.15, 0.2) is 42.5 Å². The number of aryl methyl sites for hydroxylation is 1. The lowest BCUT2D eigenvalue weighted by atomic mass is 9.83. The van der Waals surface area contributed by atoms with Crippen LogP contribution in [0.25, 0.3) is 0 Å². The first-order chi connectivity index (χ1) is 18.5. The molecule has 8 heteroatoms. The van der Waals surface area contributed by atoms with E-state index in [1.54, 1.807) is 26.0 Å². The number of hydrogen-bond acceptors (Lipinski definition) is 5. The Morgan fingerprint density at radius 3 is 2.49 bits per heavy atom. The number of likely N-dealkylation sites (N-methyl/N-ethyl adjacent to an activating group) is 1. The SMILES string of the molecule is CN[C@@H](C)C(=O)NC(C(=O)N1Cc2cc(OC)ccc2C[C@H]1C(=O)N[C@@H]1CCCc2ccccc21)C(C)(C)C. The van der Waals surface area contributed by atoms with Crippen molar-refractivity contribution in [2.24, 2.45) is 5.41 Å². The van der Waals surface area contributed by atoms with E-state index in [1.807, 2.05) is 51.1 Å². The Morgan fingerprint density at radius 2 is 1.79 bits per heavy atom. The van der Waals surface area contributed by atoms with Gasteiger partial charge in [0.15, 0.2) is 0 Å². The standard InChI is InChI=1S/C31H42N4O4/c1-19(32-5)28(36)34-27(31(2,3)4)30(38)35-18-22-16-23(39-6)15-14-21(22)17-26(35)29(37)33-25-13-9-11-20-10-7-8-12-24(20)25/h7-8,10,12,14-16,19,25-27,32H,9,11,13,17-18H2,1-6H3,(H,33,37)(H,34,36)/t19-,25+,26-,27?/m0/s1. The van der Waals surface area contributed by atoms with Crippen LogP contribution in [0.5, 0.6) is 5.75 Å². The minimum absolute atomic E-state index is 0.0914. The summed E-state index contributed by atoms with van der Waals surface area (Å²) in [6, 6.07) is 12.0. The van der Waals surface area contributed by atoms with E-state index in [-0.39, 0.29) is 30.3 Å². The molecule has 2 aromatic rings. The topological polar surface area (TPSA) is 99.8 Å². The van der Waals surface area contributed by atoms with Gasteiger partial charge in [0.2, 0.25) is 17.7 Å². The molecule has 8 nitrogen and oxygen atoms in total. The zero-order valence-corrected chi connectivity index (χ0v) is 24.0. The van der Waals surface area contributed by atoms with E-state index < -0.39 is 23.5 Å². The fourth-order valence-corrected chi connectivity index (χ4v) is 5.54. The molecule has 1 heterocycles. The zero-order chi connectivity index (χ0) is 28.3. The maximum Gasteiger partial charge on any atom is 0.246 e. The van der Waals surface area contributed by atoms with Crippen LogP contribution in [0.1, 0.15) is 68.8 Å². The molecular formula is C31H42N4O4. The molecule has 210 valence electrons. The van der Waals surface area contributed by atoms with E-state index in [9.17, 15) is 14.4 Å². The van der Waals surface area contributed by atoms with Gasteiger partial charge in [0.1, 0.15) is 17.8 Å². The number of amides is 3. The van der Waals surface area contributed by atoms with Crippen molar-refractivity contribution in [2.45, 2.75) is 84.1 Å². The summed E-state index contributed by atoms with van der Waals surface area (Å²) in [6.07, 6.45) is 3.26. The smallest absolute Gasteiger partial charge is 0.246 e. The monoisotopic (exact) mass is 534 g/mol. The molecule has 2 aromatic carbocycles. The molecule has 39 heavy (non-hydrogen) atoms. The molecular weight excluding hydrogens is 492 g/mol. The van der Waals surface area contributed by atoms with Crippen molar-refractivity contribution in [1.29, 1.82) is 0 Å². The summed E-state index contributed by atoms with van der Waals surface area (Å²) in [5, 5.41) is 9.16. The minimum Gasteiger partial charge on any atom is -0.497 e. The zero-order valence-electron chi connectivity index (χ0n) is 24.0. The van der Waals surface area contributed by atoms with E-state index >= 15 is 0 Å². The highest BCUT2D eigenvalue weighted by atomic mass is 16.5. The summed E-state index contributed by atoms with van der Waals surface area (Å²) >= 11 is 0. The largest absolute Gasteiger partial charge is 0.497 e. The first-order valence-corrected chi connectivity index (χ1v) is 13.9. The number of nitrogens with one attached hydrogen (secondary N) is 3. The van der Waals surface area contributed by atoms with E-state index in [1.165, 1.54) is 5.56 Å². The van der Waals surface area contributed by atoms with Crippen molar-refractivity contribution in [3.05, 3.63) is 64.7 Å². The van der Waals surface area contributed by atoms with Crippen LogP contribution in [0.4, 0.5) is 0 Å². The third-order valence-electron chi connectivity index (χ3n) is 8.04. The van der Waals surface area contributed by atoms with Crippen LogP contribution < -0.4 is 20.7 Å². The van der Waals surface area contributed by atoms with Crippen molar-refractivity contribution < 1.29 is 19.1 Å². The van der Waals surface area contributed by atoms with Gasteiger partial charge in [-0.15, -0.1) is 0 Å². The van der Waals surface area contributed by atoms with E-state index in [0.29, 0.717) is 12.2 Å². The lowest BCUT2D eigenvalue weighted by molar-refractivity contribution is -0.147. The van der Waals surface area contributed by atoms with Crippen LogP contribution in [0.3, 0.4) is 0 Å².